The maximum Gasteiger partial charge on any atom is 0.243 e. The molecule has 1 aliphatic rings. The Kier molecular flexibility index (Phi) is 6.59. The smallest absolute Gasteiger partial charge is 0.243 e. The summed E-state index contributed by atoms with van der Waals surface area (Å²) in [7, 11) is -3.58. The molecular weight excluding hydrogens is 432 g/mol. The van der Waals surface area contributed by atoms with Crippen LogP contribution in [0.3, 0.4) is 0 Å². The molecular formula is C27H32N2O3S. The first-order chi connectivity index (χ1) is 15.7. The number of sulfonamides is 1. The van der Waals surface area contributed by atoms with Gasteiger partial charge in [0.15, 0.2) is 0 Å². The molecule has 0 radical (unpaired) electrons. The zero-order valence-corrected chi connectivity index (χ0v) is 20.6. The van der Waals surface area contributed by atoms with Gasteiger partial charge in [-0.05, 0) is 68.0 Å². The monoisotopic (exact) mass is 464 g/mol. The third-order valence-electron chi connectivity index (χ3n) is 6.68. The molecule has 0 aromatic heterocycles. The minimum atomic E-state index is -3.58. The van der Waals surface area contributed by atoms with Crippen LogP contribution in [0.5, 0.6) is 0 Å². The van der Waals surface area contributed by atoms with E-state index in [-0.39, 0.29) is 17.9 Å². The van der Waals surface area contributed by atoms with Gasteiger partial charge in [-0.15, -0.1) is 0 Å². The lowest BCUT2D eigenvalue weighted by Gasteiger charge is -2.32. The number of piperidine rings is 1. The van der Waals surface area contributed by atoms with E-state index in [1.165, 1.54) is 4.31 Å². The molecule has 174 valence electrons. The molecule has 6 heteroatoms. The molecule has 1 fully saturated rings. The van der Waals surface area contributed by atoms with E-state index < -0.39 is 10.0 Å². The van der Waals surface area contributed by atoms with E-state index in [4.69, 9.17) is 0 Å². The average Bonchev–Trinajstić information content (AvgIpc) is 2.77. The standard InChI is InChI=1S/C27H32N2O3S/c1-18-16-19(2)26(20(3)17-18)33(31,32)29-14-12-23(13-15-29)27(30)28-21(4)24-11-7-9-22-8-5-6-10-25(22)24/h5-11,16-17,21,23H,12-15H2,1-4H3,(H,28,30)/t21-/m1/s1. The van der Waals surface area contributed by atoms with Crippen molar-refractivity contribution in [2.75, 3.05) is 13.1 Å². The number of carbonyl (C=O) groups is 1. The molecule has 1 saturated heterocycles. The predicted octanol–water partition coefficient (Wildman–Crippen LogP) is 5.04. The van der Waals surface area contributed by atoms with Gasteiger partial charge in [-0.3, -0.25) is 4.79 Å². The van der Waals surface area contributed by atoms with Crippen LogP contribution in [0.2, 0.25) is 0 Å². The van der Waals surface area contributed by atoms with E-state index in [2.05, 4.69) is 29.6 Å². The number of aryl methyl sites for hydroxylation is 3. The summed E-state index contributed by atoms with van der Waals surface area (Å²) in [6.07, 6.45) is 1.05. The number of rotatable bonds is 5. The van der Waals surface area contributed by atoms with E-state index in [1.807, 2.05) is 58.0 Å². The van der Waals surface area contributed by atoms with Gasteiger partial charge in [0.1, 0.15) is 0 Å². The topological polar surface area (TPSA) is 66.5 Å². The van der Waals surface area contributed by atoms with Crippen molar-refractivity contribution < 1.29 is 13.2 Å². The maximum atomic E-state index is 13.3. The van der Waals surface area contributed by atoms with Crippen LogP contribution in [0.25, 0.3) is 10.8 Å². The van der Waals surface area contributed by atoms with Crippen LogP contribution in [0.1, 0.15) is 48.1 Å². The van der Waals surface area contributed by atoms with E-state index >= 15 is 0 Å². The third-order valence-corrected chi connectivity index (χ3v) is 8.88. The quantitative estimate of drug-likeness (QED) is 0.575. The Morgan fingerprint density at radius 3 is 2.24 bits per heavy atom. The molecule has 0 aliphatic carbocycles. The first-order valence-corrected chi connectivity index (χ1v) is 13.0. The molecule has 1 amide bonds. The molecule has 1 aliphatic heterocycles. The Labute approximate surface area is 196 Å². The molecule has 1 atom stereocenters. The van der Waals surface area contributed by atoms with Gasteiger partial charge < -0.3 is 5.32 Å². The van der Waals surface area contributed by atoms with Crippen molar-refractivity contribution >= 4 is 26.7 Å². The van der Waals surface area contributed by atoms with Gasteiger partial charge in [0, 0.05) is 19.0 Å². The van der Waals surface area contributed by atoms with E-state index in [1.54, 1.807) is 0 Å². The molecule has 33 heavy (non-hydrogen) atoms. The number of nitrogens with one attached hydrogen (secondary N) is 1. The Morgan fingerprint density at radius 2 is 1.58 bits per heavy atom. The fourth-order valence-electron chi connectivity index (χ4n) is 5.10. The lowest BCUT2D eigenvalue weighted by molar-refractivity contribution is -0.126. The second kappa shape index (κ2) is 9.27. The molecule has 1 heterocycles. The Hall–Kier alpha value is -2.70. The van der Waals surface area contributed by atoms with Crippen molar-refractivity contribution in [3.05, 3.63) is 76.9 Å². The summed E-state index contributed by atoms with van der Waals surface area (Å²) in [6.45, 7) is 8.39. The molecule has 3 aromatic carbocycles. The fraction of sp³-hybridized carbons (Fsp3) is 0.370. The maximum absolute atomic E-state index is 13.3. The molecule has 0 spiro atoms. The van der Waals surface area contributed by atoms with Crippen LogP contribution in [0, 0.1) is 26.7 Å². The lowest BCUT2D eigenvalue weighted by atomic mass is 9.95. The number of fused-ring (bicyclic) bond motifs is 1. The molecule has 5 nitrogen and oxygen atoms in total. The summed E-state index contributed by atoms with van der Waals surface area (Å²) in [5, 5.41) is 5.45. The van der Waals surface area contributed by atoms with Crippen molar-refractivity contribution in [3.8, 4) is 0 Å². The number of amides is 1. The van der Waals surface area contributed by atoms with Crippen LogP contribution in [-0.4, -0.2) is 31.7 Å². The minimum Gasteiger partial charge on any atom is -0.349 e. The highest BCUT2D eigenvalue weighted by atomic mass is 32.2. The van der Waals surface area contributed by atoms with Crippen molar-refractivity contribution in [2.45, 2.75) is 51.5 Å². The fourth-order valence-corrected chi connectivity index (χ4v) is 6.98. The summed E-state index contributed by atoms with van der Waals surface area (Å²) >= 11 is 0. The summed E-state index contributed by atoms with van der Waals surface area (Å²) in [5.74, 6) is -0.190. The van der Waals surface area contributed by atoms with E-state index in [0.717, 1.165) is 33.0 Å². The highest BCUT2D eigenvalue weighted by Gasteiger charge is 2.34. The molecule has 1 N–H and O–H groups in total. The summed E-state index contributed by atoms with van der Waals surface area (Å²) in [6, 6.07) is 18.0. The third kappa shape index (κ3) is 4.68. The molecule has 0 bridgehead atoms. The van der Waals surface area contributed by atoms with Gasteiger partial charge in [-0.25, -0.2) is 8.42 Å². The minimum absolute atomic E-state index is 0.00446. The summed E-state index contributed by atoms with van der Waals surface area (Å²) in [4.78, 5) is 13.4. The normalized spacial score (nSPS) is 16.6. The van der Waals surface area contributed by atoms with Crippen LogP contribution < -0.4 is 5.32 Å². The van der Waals surface area contributed by atoms with Gasteiger partial charge in [0.05, 0.1) is 10.9 Å². The average molecular weight is 465 g/mol. The predicted molar refractivity (Wildman–Crippen MR) is 133 cm³/mol. The number of hydrogen-bond donors (Lipinski definition) is 1. The second-order valence-electron chi connectivity index (χ2n) is 9.20. The SMILES string of the molecule is Cc1cc(C)c(S(=O)(=O)N2CCC(C(=O)N[C@H](C)c3cccc4ccccc34)CC2)c(C)c1. The molecule has 0 saturated carbocycles. The molecule has 0 unspecified atom stereocenters. The van der Waals surface area contributed by atoms with Gasteiger partial charge >= 0.3 is 0 Å². The second-order valence-corrected chi connectivity index (χ2v) is 11.1. The molecule has 3 aromatic rings. The first kappa shape index (κ1) is 23.5. The Balaban J connectivity index is 1.43. The summed E-state index contributed by atoms with van der Waals surface area (Å²) < 4.78 is 28.2. The first-order valence-electron chi connectivity index (χ1n) is 11.5. The zero-order chi connectivity index (χ0) is 23.8. The zero-order valence-electron chi connectivity index (χ0n) is 19.8. The van der Waals surface area contributed by atoms with Crippen LogP contribution in [0.4, 0.5) is 0 Å². The van der Waals surface area contributed by atoms with Crippen LogP contribution in [0.15, 0.2) is 59.5 Å². The van der Waals surface area contributed by atoms with Crippen molar-refractivity contribution in [3.63, 3.8) is 0 Å². The molecule has 4 rings (SSSR count). The highest BCUT2D eigenvalue weighted by Crippen LogP contribution is 2.30. The van der Waals surface area contributed by atoms with Crippen LogP contribution >= 0.6 is 0 Å². The number of carbonyl (C=O) groups excluding carboxylic acids is 1. The number of hydrogen-bond acceptors (Lipinski definition) is 3. The van der Waals surface area contributed by atoms with Gasteiger partial charge in [0.2, 0.25) is 15.9 Å². The highest BCUT2D eigenvalue weighted by molar-refractivity contribution is 7.89. The largest absolute Gasteiger partial charge is 0.349 e. The summed E-state index contributed by atoms with van der Waals surface area (Å²) in [5.41, 5.74) is 3.69. The number of nitrogens with zero attached hydrogens (tertiary/aromatic N) is 1. The van der Waals surface area contributed by atoms with E-state index in [9.17, 15) is 13.2 Å². The van der Waals surface area contributed by atoms with Crippen LogP contribution in [-0.2, 0) is 14.8 Å². The van der Waals surface area contributed by atoms with Gasteiger partial charge in [-0.1, -0.05) is 60.2 Å². The van der Waals surface area contributed by atoms with E-state index in [0.29, 0.717) is 30.8 Å². The van der Waals surface area contributed by atoms with Crippen molar-refractivity contribution in [1.82, 2.24) is 9.62 Å². The Bertz CT molecular complexity index is 1260. The van der Waals surface area contributed by atoms with Gasteiger partial charge in [0.25, 0.3) is 0 Å². The van der Waals surface area contributed by atoms with Crippen molar-refractivity contribution in [1.29, 1.82) is 0 Å². The van der Waals surface area contributed by atoms with Gasteiger partial charge in [-0.2, -0.15) is 4.31 Å². The Morgan fingerprint density at radius 1 is 0.970 bits per heavy atom. The number of benzene rings is 3. The van der Waals surface area contributed by atoms with Crippen molar-refractivity contribution in [2.24, 2.45) is 5.92 Å². The lowest BCUT2D eigenvalue weighted by Crippen LogP contribution is -2.43.